The molecule has 2 atom stereocenters. The molecule has 0 aromatic heterocycles. The molecule has 73 heavy (non-hydrogen) atoms. The fourth-order valence-corrected chi connectivity index (χ4v) is 9.89. The minimum Gasteiger partial charge on any atom is -0.545 e. The first-order chi connectivity index (χ1) is 35.6. The first-order valence-electron chi connectivity index (χ1n) is 32.2. The number of carbonyl (C=O) groups excluding carboxylic acids is 3. The smallest absolute Gasteiger partial charge is 0.306 e. The molecule has 0 saturated heterocycles. The number of carbonyl (C=O) groups is 3. The molecule has 0 aliphatic carbocycles. The van der Waals surface area contributed by atoms with Crippen LogP contribution in [0.5, 0.6) is 0 Å². The Morgan fingerprint density at radius 1 is 0.356 bits per heavy atom. The topological polar surface area (TPSA) is 111 Å². The molecular formula is C64H125NO8. The zero-order valence-corrected chi connectivity index (χ0v) is 49.6. The molecule has 0 aromatic rings. The Morgan fingerprint density at radius 3 is 0.877 bits per heavy atom. The summed E-state index contributed by atoms with van der Waals surface area (Å²) in [7, 11) is 5.93. The number of carboxylic acid groups (broad SMARTS) is 1. The van der Waals surface area contributed by atoms with Crippen molar-refractivity contribution in [3.63, 3.8) is 0 Å². The van der Waals surface area contributed by atoms with Crippen LogP contribution in [-0.2, 0) is 33.3 Å². The van der Waals surface area contributed by atoms with Crippen molar-refractivity contribution in [1.82, 2.24) is 0 Å². The summed E-state index contributed by atoms with van der Waals surface area (Å²) in [4.78, 5) is 37.1. The normalized spacial score (nSPS) is 12.6. The quantitative estimate of drug-likeness (QED) is 0.0256. The maximum absolute atomic E-state index is 12.8. The van der Waals surface area contributed by atoms with Crippen LogP contribution < -0.4 is 5.11 Å². The average molecular weight is 1040 g/mol. The van der Waals surface area contributed by atoms with Gasteiger partial charge in [0, 0.05) is 12.8 Å². The Hall–Kier alpha value is -1.71. The second kappa shape index (κ2) is 56.5. The Labute approximate surface area is 453 Å². The van der Waals surface area contributed by atoms with E-state index in [1.807, 2.05) is 21.1 Å². The van der Waals surface area contributed by atoms with Crippen molar-refractivity contribution < 1.29 is 42.9 Å². The van der Waals surface area contributed by atoms with Gasteiger partial charge in [-0.25, -0.2) is 0 Å². The third kappa shape index (κ3) is 57.8. The second-order valence-corrected chi connectivity index (χ2v) is 23.4. The van der Waals surface area contributed by atoms with Gasteiger partial charge in [0.25, 0.3) is 0 Å². The lowest BCUT2D eigenvalue weighted by atomic mass is 10.0. The first-order valence-corrected chi connectivity index (χ1v) is 32.2. The lowest BCUT2D eigenvalue weighted by molar-refractivity contribution is -0.870. The van der Waals surface area contributed by atoms with Crippen molar-refractivity contribution in [3.05, 3.63) is 0 Å². The maximum atomic E-state index is 12.8. The van der Waals surface area contributed by atoms with Crippen molar-refractivity contribution in [2.24, 2.45) is 0 Å². The predicted octanol–water partition coefficient (Wildman–Crippen LogP) is 17.8. The third-order valence-electron chi connectivity index (χ3n) is 14.9. The fraction of sp³-hybridized carbons (Fsp3) is 0.953. The first kappa shape index (κ1) is 71.3. The average Bonchev–Trinajstić information content (AvgIpc) is 3.36. The van der Waals surface area contributed by atoms with Gasteiger partial charge >= 0.3 is 11.9 Å². The number of nitrogens with zero attached hydrogens (tertiary/aromatic N) is 1. The van der Waals surface area contributed by atoms with Gasteiger partial charge in [-0.1, -0.05) is 309 Å². The van der Waals surface area contributed by atoms with Gasteiger partial charge in [-0.15, -0.1) is 0 Å². The van der Waals surface area contributed by atoms with E-state index < -0.39 is 24.3 Å². The number of ether oxygens (including phenoxy) is 4. The van der Waals surface area contributed by atoms with Crippen LogP contribution in [0, 0.1) is 0 Å². The zero-order chi connectivity index (χ0) is 53.4. The molecule has 0 spiro atoms. The highest BCUT2D eigenvalue weighted by Gasteiger charge is 2.22. The molecule has 0 aliphatic heterocycles. The standard InChI is InChI=1S/C64H125NO8/c1-6-8-10-12-14-16-17-18-19-20-21-22-23-24-25-26-27-28-29-30-31-32-33-34-35-36-37-38-39-40-41-42-43-44-45-47-49-51-53-55-62(67)73-60(59-72-64(63(68)69)70-57-56-65(3,4)5)58-71-61(66)54-52-50-48-46-15-13-11-9-7-2/h60,64H,6-59H2,1-5H3. The largest absolute Gasteiger partial charge is 0.545 e. The molecule has 0 saturated carbocycles. The van der Waals surface area contributed by atoms with Crippen LogP contribution in [0.25, 0.3) is 0 Å². The number of quaternary nitrogens is 1. The van der Waals surface area contributed by atoms with E-state index >= 15 is 0 Å². The summed E-state index contributed by atoms with van der Waals surface area (Å²) in [5.74, 6) is -2.26. The fourth-order valence-electron chi connectivity index (χ4n) is 9.89. The highest BCUT2D eigenvalue weighted by atomic mass is 16.7. The highest BCUT2D eigenvalue weighted by molar-refractivity contribution is 5.70. The Morgan fingerprint density at radius 2 is 0.616 bits per heavy atom. The molecular weight excluding hydrogens is 911 g/mol. The monoisotopic (exact) mass is 1040 g/mol. The van der Waals surface area contributed by atoms with Crippen LogP contribution in [0.15, 0.2) is 0 Å². The maximum Gasteiger partial charge on any atom is 0.306 e. The van der Waals surface area contributed by atoms with Crippen LogP contribution in [-0.4, -0.2) is 82.3 Å². The van der Waals surface area contributed by atoms with Gasteiger partial charge in [-0.3, -0.25) is 9.59 Å². The molecule has 0 aliphatic rings. The summed E-state index contributed by atoms with van der Waals surface area (Å²) in [6.45, 7) is 4.78. The van der Waals surface area contributed by atoms with Crippen molar-refractivity contribution in [2.45, 2.75) is 347 Å². The molecule has 0 N–H and O–H groups in total. The molecule has 0 amide bonds. The summed E-state index contributed by atoms with van der Waals surface area (Å²) in [5, 5.41) is 11.7. The molecule has 0 heterocycles. The molecule has 434 valence electrons. The van der Waals surface area contributed by atoms with Crippen molar-refractivity contribution in [3.8, 4) is 0 Å². The van der Waals surface area contributed by atoms with E-state index in [1.54, 1.807) is 0 Å². The SMILES string of the molecule is CCCCCCCCCCCCCCCCCCCCCCCCCCCCCCCCCCCCCCCCCC(=O)OC(COC(=O)CCCCCCCCCCC)COC(OCC[N+](C)(C)C)C(=O)[O-]. The molecule has 2 unspecified atom stereocenters. The lowest BCUT2D eigenvalue weighted by Crippen LogP contribution is -2.44. The minimum atomic E-state index is -1.61. The van der Waals surface area contributed by atoms with Gasteiger partial charge in [-0.2, -0.15) is 0 Å². The van der Waals surface area contributed by atoms with E-state index in [2.05, 4.69) is 13.8 Å². The van der Waals surface area contributed by atoms with Gasteiger partial charge in [-0.05, 0) is 12.8 Å². The van der Waals surface area contributed by atoms with Crippen LogP contribution in [0.3, 0.4) is 0 Å². The van der Waals surface area contributed by atoms with Gasteiger partial charge in [0.15, 0.2) is 12.4 Å². The summed E-state index contributed by atoms with van der Waals surface area (Å²) >= 11 is 0. The number of aliphatic carboxylic acids is 1. The third-order valence-corrected chi connectivity index (χ3v) is 14.9. The number of hydrogen-bond acceptors (Lipinski definition) is 8. The van der Waals surface area contributed by atoms with E-state index in [0.717, 1.165) is 38.5 Å². The Balaban J connectivity index is 3.80. The predicted molar refractivity (Wildman–Crippen MR) is 307 cm³/mol. The molecule has 0 radical (unpaired) electrons. The Bertz CT molecular complexity index is 1160. The number of hydrogen-bond donors (Lipinski definition) is 0. The van der Waals surface area contributed by atoms with Gasteiger partial charge in [0.1, 0.15) is 13.2 Å². The molecule has 0 bridgehead atoms. The molecule has 0 fully saturated rings. The van der Waals surface area contributed by atoms with Gasteiger partial charge in [0.2, 0.25) is 0 Å². The van der Waals surface area contributed by atoms with Crippen molar-refractivity contribution >= 4 is 17.9 Å². The van der Waals surface area contributed by atoms with Crippen molar-refractivity contribution in [1.29, 1.82) is 0 Å². The van der Waals surface area contributed by atoms with E-state index in [9.17, 15) is 19.5 Å². The van der Waals surface area contributed by atoms with Gasteiger partial charge < -0.3 is 33.3 Å². The lowest BCUT2D eigenvalue weighted by Gasteiger charge is -2.26. The van der Waals surface area contributed by atoms with Gasteiger partial charge in [0.05, 0.1) is 40.3 Å². The van der Waals surface area contributed by atoms with Crippen LogP contribution in [0.2, 0.25) is 0 Å². The number of rotatable bonds is 61. The molecule has 9 heteroatoms. The summed E-state index contributed by atoms with van der Waals surface area (Å²) in [5.41, 5.74) is 0. The van der Waals surface area contributed by atoms with Crippen LogP contribution in [0.1, 0.15) is 335 Å². The molecule has 0 aromatic carbocycles. The number of likely N-dealkylation sites (N-methyl/N-ethyl adjacent to an activating group) is 1. The second-order valence-electron chi connectivity index (χ2n) is 23.4. The summed E-state index contributed by atoms with van der Waals surface area (Å²) in [6, 6.07) is 0. The van der Waals surface area contributed by atoms with Crippen LogP contribution in [0.4, 0.5) is 0 Å². The zero-order valence-electron chi connectivity index (χ0n) is 49.6. The summed E-state index contributed by atoms with van der Waals surface area (Å²) in [6.07, 6.45) is 62.3. The van der Waals surface area contributed by atoms with E-state index in [4.69, 9.17) is 18.9 Å². The molecule has 0 rings (SSSR count). The minimum absolute atomic E-state index is 0.153. The Kier molecular flexibility index (Phi) is 55.2. The highest BCUT2D eigenvalue weighted by Crippen LogP contribution is 2.19. The number of unbranched alkanes of at least 4 members (excludes halogenated alkanes) is 46. The van der Waals surface area contributed by atoms with Crippen molar-refractivity contribution in [2.75, 3.05) is 47.5 Å². The van der Waals surface area contributed by atoms with E-state index in [1.165, 1.54) is 270 Å². The number of carboxylic acids is 1. The van der Waals surface area contributed by atoms with E-state index in [0.29, 0.717) is 17.4 Å². The van der Waals surface area contributed by atoms with Crippen LogP contribution >= 0.6 is 0 Å². The number of esters is 2. The van der Waals surface area contributed by atoms with E-state index in [-0.39, 0.29) is 32.2 Å². The summed E-state index contributed by atoms with van der Waals surface area (Å²) < 4.78 is 22.6. The molecule has 9 nitrogen and oxygen atoms in total.